The van der Waals surface area contributed by atoms with E-state index in [-0.39, 0.29) is 11.2 Å². The van der Waals surface area contributed by atoms with Gasteiger partial charge in [0, 0.05) is 23.0 Å². The number of hydrogen-bond donors (Lipinski definition) is 1. The molecule has 2 heterocycles. The van der Waals surface area contributed by atoms with Crippen molar-refractivity contribution in [3.05, 3.63) is 48.3 Å². The van der Waals surface area contributed by atoms with Gasteiger partial charge in [-0.3, -0.25) is 0 Å². The lowest BCUT2D eigenvalue weighted by Gasteiger charge is -2.34. The summed E-state index contributed by atoms with van der Waals surface area (Å²) in [5.41, 5.74) is 2.11. The van der Waals surface area contributed by atoms with E-state index in [1.54, 1.807) is 18.5 Å². The van der Waals surface area contributed by atoms with Crippen LogP contribution < -0.4 is 5.32 Å². The minimum Gasteiger partial charge on any atom is -0.317 e. The average molecular weight is 259 g/mol. The first kappa shape index (κ1) is 12.4. The van der Waals surface area contributed by atoms with Crippen LogP contribution in [0.5, 0.6) is 0 Å². The number of nitrogens with one attached hydrogen (secondary N) is 1. The number of benzene rings is 1. The van der Waals surface area contributed by atoms with Crippen LogP contribution in [0.2, 0.25) is 0 Å². The van der Waals surface area contributed by atoms with Crippen LogP contribution in [-0.4, -0.2) is 22.6 Å². The van der Waals surface area contributed by atoms with Crippen molar-refractivity contribution in [2.75, 3.05) is 13.1 Å². The molecule has 0 spiro atoms. The second-order valence-corrected chi connectivity index (χ2v) is 5.44. The van der Waals surface area contributed by atoms with Gasteiger partial charge in [0.05, 0.1) is 6.33 Å². The molecular weight excluding hydrogens is 241 g/mol. The van der Waals surface area contributed by atoms with Gasteiger partial charge in [-0.05, 0) is 44.1 Å². The Labute approximate surface area is 112 Å². The molecule has 1 aromatic carbocycles. The summed E-state index contributed by atoms with van der Waals surface area (Å²) in [6.07, 6.45) is 5.84. The molecule has 0 bridgehead atoms. The molecule has 0 aliphatic carbocycles. The van der Waals surface area contributed by atoms with Crippen LogP contribution in [-0.2, 0) is 5.41 Å². The van der Waals surface area contributed by atoms with Crippen molar-refractivity contribution in [1.29, 1.82) is 0 Å². The zero-order valence-electron chi connectivity index (χ0n) is 11.1. The first-order valence-corrected chi connectivity index (χ1v) is 6.69. The Balaban J connectivity index is 2.03. The van der Waals surface area contributed by atoms with Gasteiger partial charge in [0.25, 0.3) is 0 Å². The van der Waals surface area contributed by atoms with E-state index < -0.39 is 0 Å². The van der Waals surface area contributed by atoms with Crippen molar-refractivity contribution in [2.45, 2.75) is 25.2 Å². The van der Waals surface area contributed by atoms with Crippen LogP contribution in [0.1, 0.15) is 25.5 Å². The third kappa shape index (κ3) is 2.28. The minimum absolute atomic E-state index is 0.105. The molecule has 1 saturated heterocycles. The van der Waals surface area contributed by atoms with Gasteiger partial charge in [0.2, 0.25) is 0 Å². The summed E-state index contributed by atoms with van der Waals surface area (Å²) in [6, 6.07) is 6.67. The molecule has 3 nitrogen and oxygen atoms in total. The Bertz CT molecular complexity index is 570. The Kier molecular flexibility index (Phi) is 3.11. The number of nitrogens with zero attached hydrogens (tertiary/aromatic N) is 2. The summed E-state index contributed by atoms with van der Waals surface area (Å²) in [4.78, 5) is 4.27. The van der Waals surface area contributed by atoms with Gasteiger partial charge >= 0.3 is 0 Å². The summed E-state index contributed by atoms with van der Waals surface area (Å²) in [6.45, 7) is 4.30. The topological polar surface area (TPSA) is 29.9 Å². The van der Waals surface area contributed by atoms with Crippen LogP contribution in [0, 0.1) is 5.82 Å². The van der Waals surface area contributed by atoms with Crippen LogP contribution in [0.15, 0.2) is 36.8 Å². The molecule has 0 radical (unpaired) electrons. The summed E-state index contributed by atoms with van der Waals surface area (Å²) in [7, 11) is 0. The third-order valence-corrected chi connectivity index (χ3v) is 4.05. The maximum absolute atomic E-state index is 13.4. The number of aromatic nitrogens is 2. The first-order valence-electron chi connectivity index (χ1n) is 6.69. The molecule has 1 aromatic heterocycles. The van der Waals surface area contributed by atoms with E-state index in [4.69, 9.17) is 0 Å². The first-order chi connectivity index (χ1) is 9.19. The highest BCUT2D eigenvalue weighted by Gasteiger charge is 2.31. The van der Waals surface area contributed by atoms with Crippen molar-refractivity contribution < 1.29 is 4.39 Å². The Hall–Kier alpha value is -1.68. The lowest BCUT2D eigenvalue weighted by atomic mass is 9.78. The van der Waals surface area contributed by atoms with E-state index in [0.717, 1.165) is 31.6 Å². The van der Waals surface area contributed by atoms with Gasteiger partial charge < -0.3 is 9.88 Å². The number of imidazole rings is 1. The van der Waals surface area contributed by atoms with Gasteiger partial charge in [-0.2, -0.15) is 0 Å². The largest absolute Gasteiger partial charge is 0.317 e. The normalized spacial score (nSPS) is 18.4. The molecule has 0 atom stereocenters. The summed E-state index contributed by atoms with van der Waals surface area (Å²) in [5.74, 6) is -0.215. The lowest BCUT2D eigenvalue weighted by molar-refractivity contribution is 0.324. The van der Waals surface area contributed by atoms with Gasteiger partial charge in [-0.25, -0.2) is 9.37 Å². The maximum Gasteiger partial charge on any atom is 0.125 e. The average Bonchev–Trinajstić information content (AvgIpc) is 2.89. The fourth-order valence-electron chi connectivity index (χ4n) is 2.81. The van der Waals surface area contributed by atoms with Gasteiger partial charge in [-0.15, -0.1) is 0 Å². The van der Waals surface area contributed by atoms with Crippen LogP contribution in [0.25, 0.3) is 5.69 Å². The van der Waals surface area contributed by atoms with Crippen molar-refractivity contribution in [3.63, 3.8) is 0 Å². The highest BCUT2D eigenvalue weighted by atomic mass is 19.1. The predicted molar refractivity (Wildman–Crippen MR) is 73.0 cm³/mol. The molecule has 1 aliphatic heterocycles. The molecule has 1 N–H and O–H groups in total. The van der Waals surface area contributed by atoms with Crippen LogP contribution in [0.3, 0.4) is 0 Å². The van der Waals surface area contributed by atoms with E-state index in [1.165, 1.54) is 11.8 Å². The van der Waals surface area contributed by atoms with Crippen LogP contribution >= 0.6 is 0 Å². The Morgan fingerprint density at radius 1 is 1.32 bits per heavy atom. The summed E-state index contributed by atoms with van der Waals surface area (Å²) in [5, 5.41) is 3.38. The fraction of sp³-hybridized carbons (Fsp3) is 0.400. The Morgan fingerprint density at radius 2 is 2.11 bits per heavy atom. The van der Waals surface area contributed by atoms with Crippen molar-refractivity contribution in [2.24, 2.45) is 0 Å². The zero-order chi connectivity index (χ0) is 13.3. The number of rotatable bonds is 2. The quantitative estimate of drug-likeness (QED) is 0.898. The van der Waals surface area contributed by atoms with Crippen molar-refractivity contribution in [1.82, 2.24) is 14.9 Å². The summed E-state index contributed by atoms with van der Waals surface area (Å²) >= 11 is 0. The molecule has 3 rings (SSSR count). The van der Waals surface area contributed by atoms with Gasteiger partial charge in [0.15, 0.2) is 0 Å². The Morgan fingerprint density at radius 3 is 2.84 bits per heavy atom. The molecule has 0 saturated carbocycles. The molecule has 2 aromatic rings. The second kappa shape index (κ2) is 4.78. The van der Waals surface area contributed by atoms with E-state index in [1.807, 2.05) is 16.8 Å². The molecule has 0 unspecified atom stereocenters. The smallest absolute Gasteiger partial charge is 0.125 e. The number of halogens is 1. The monoisotopic (exact) mass is 259 g/mol. The third-order valence-electron chi connectivity index (χ3n) is 4.05. The molecule has 0 amide bonds. The van der Waals surface area contributed by atoms with E-state index in [2.05, 4.69) is 17.2 Å². The maximum atomic E-state index is 13.4. The predicted octanol–water partition coefficient (Wildman–Crippen LogP) is 2.65. The van der Waals surface area contributed by atoms with Crippen molar-refractivity contribution in [3.8, 4) is 5.69 Å². The van der Waals surface area contributed by atoms with Crippen molar-refractivity contribution >= 4 is 0 Å². The highest BCUT2D eigenvalue weighted by molar-refractivity contribution is 5.36. The summed E-state index contributed by atoms with van der Waals surface area (Å²) < 4.78 is 15.4. The number of hydrogen-bond acceptors (Lipinski definition) is 2. The molecular formula is C15H18FN3. The minimum atomic E-state index is -0.215. The molecule has 19 heavy (non-hydrogen) atoms. The molecule has 1 fully saturated rings. The molecule has 1 aliphatic rings. The number of piperidine rings is 1. The van der Waals surface area contributed by atoms with E-state index >= 15 is 0 Å². The van der Waals surface area contributed by atoms with Gasteiger partial charge in [0.1, 0.15) is 5.82 Å². The fourth-order valence-corrected chi connectivity index (χ4v) is 2.81. The van der Waals surface area contributed by atoms with Crippen LogP contribution in [0.4, 0.5) is 4.39 Å². The zero-order valence-corrected chi connectivity index (χ0v) is 11.1. The molecule has 100 valence electrons. The lowest BCUT2D eigenvalue weighted by Crippen LogP contribution is -2.38. The molecule has 4 heteroatoms. The standard InChI is InChI=1S/C15H18FN3/c1-15(5-7-17-8-6-15)14-10-18-11-19(14)13-4-2-3-12(16)9-13/h2-4,9-11,17H,5-8H2,1H3. The second-order valence-electron chi connectivity index (χ2n) is 5.44. The van der Waals surface area contributed by atoms with E-state index in [0.29, 0.717) is 0 Å². The SMILES string of the molecule is CC1(c2cncn2-c2cccc(F)c2)CCNCC1. The highest BCUT2D eigenvalue weighted by Crippen LogP contribution is 2.33. The van der Waals surface area contributed by atoms with Gasteiger partial charge in [-0.1, -0.05) is 13.0 Å². The van der Waals surface area contributed by atoms with E-state index in [9.17, 15) is 4.39 Å².